The van der Waals surface area contributed by atoms with Crippen LogP contribution in [0.2, 0.25) is 0 Å². The molecule has 0 saturated heterocycles. The van der Waals surface area contributed by atoms with Gasteiger partial charge in [-0.1, -0.05) is 32.5 Å². The van der Waals surface area contributed by atoms with Crippen molar-refractivity contribution < 1.29 is 14.3 Å². The van der Waals surface area contributed by atoms with Gasteiger partial charge < -0.3 is 9.47 Å². The van der Waals surface area contributed by atoms with E-state index in [2.05, 4.69) is 20.8 Å². The van der Waals surface area contributed by atoms with E-state index in [1.807, 2.05) is 19.1 Å². The summed E-state index contributed by atoms with van der Waals surface area (Å²) in [7, 11) is 0. The zero-order valence-corrected chi connectivity index (χ0v) is 12.2. The second kappa shape index (κ2) is 4.50. The van der Waals surface area contributed by atoms with Gasteiger partial charge >= 0.3 is 5.97 Å². The standard InChI is InChI=1S/C14H18O3S/c1-8(15)16-11-7-13-12(17-9(2)18-13)6-10(11)14(3,4)5/h6-7,9H,1-5H3. The minimum atomic E-state index is -0.294. The van der Waals surface area contributed by atoms with Crippen molar-refractivity contribution in [1.82, 2.24) is 0 Å². The van der Waals surface area contributed by atoms with Gasteiger partial charge in [-0.05, 0) is 24.5 Å². The van der Waals surface area contributed by atoms with Crippen molar-refractivity contribution >= 4 is 17.7 Å². The van der Waals surface area contributed by atoms with E-state index in [1.54, 1.807) is 11.8 Å². The number of esters is 1. The van der Waals surface area contributed by atoms with Gasteiger partial charge in [-0.25, -0.2) is 0 Å². The van der Waals surface area contributed by atoms with Crippen molar-refractivity contribution in [2.45, 2.75) is 50.4 Å². The molecule has 0 spiro atoms. The molecule has 18 heavy (non-hydrogen) atoms. The fourth-order valence-corrected chi connectivity index (χ4v) is 2.84. The first kappa shape index (κ1) is 13.3. The number of carbonyl (C=O) groups is 1. The molecule has 0 aromatic heterocycles. The van der Waals surface area contributed by atoms with E-state index in [9.17, 15) is 4.79 Å². The molecule has 1 aromatic rings. The van der Waals surface area contributed by atoms with Crippen LogP contribution in [0.3, 0.4) is 0 Å². The molecule has 1 unspecified atom stereocenters. The maximum atomic E-state index is 11.2. The molecule has 0 fully saturated rings. The third kappa shape index (κ3) is 2.64. The van der Waals surface area contributed by atoms with Crippen molar-refractivity contribution in [3.8, 4) is 11.5 Å². The summed E-state index contributed by atoms with van der Waals surface area (Å²) in [6, 6.07) is 3.90. The van der Waals surface area contributed by atoms with Gasteiger partial charge in [0.05, 0.1) is 4.90 Å². The minimum Gasteiger partial charge on any atom is -0.479 e. The minimum absolute atomic E-state index is 0.0976. The highest BCUT2D eigenvalue weighted by Crippen LogP contribution is 2.46. The third-order valence-corrected chi connectivity index (χ3v) is 3.69. The van der Waals surface area contributed by atoms with Gasteiger partial charge in [0.25, 0.3) is 0 Å². The Morgan fingerprint density at radius 3 is 2.61 bits per heavy atom. The number of thioether (sulfide) groups is 1. The molecule has 2 rings (SSSR count). The van der Waals surface area contributed by atoms with Crippen LogP contribution in [0.5, 0.6) is 11.5 Å². The second-order valence-electron chi connectivity index (χ2n) is 5.44. The predicted octanol–water partition coefficient (Wildman–Crippen LogP) is 3.74. The van der Waals surface area contributed by atoms with Crippen LogP contribution < -0.4 is 9.47 Å². The first-order valence-electron chi connectivity index (χ1n) is 5.97. The number of carbonyl (C=O) groups excluding carboxylic acids is 1. The molecule has 0 amide bonds. The van der Waals surface area contributed by atoms with Crippen LogP contribution in [0, 0.1) is 0 Å². The van der Waals surface area contributed by atoms with Crippen molar-refractivity contribution in [2.24, 2.45) is 0 Å². The van der Waals surface area contributed by atoms with E-state index in [-0.39, 0.29) is 16.8 Å². The Balaban J connectivity index is 2.50. The van der Waals surface area contributed by atoms with Crippen LogP contribution in [0.4, 0.5) is 0 Å². The molecular formula is C14H18O3S. The third-order valence-electron chi connectivity index (χ3n) is 2.69. The summed E-state index contributed by atoms with van der Waals surface area (Å²) in [5.41, 5.74) is 1.01. The second-order valence-corrected chi connectivity index (χ2v) is 6.78. The van der Waals surface area contributed by atoms with Crippen LogP contribution in [0.1, 0.15) is 40.2 Å². The topological polar surface area (TPSA) is 35.5 Å². The van der Waals surface area contributed by atoms with Crippen molar-refractivity contribution in [3.05, 3.63) is 17.7 Å². The molecule has 4 heteroatoms. The van der Waals surface area contributed by atoms with E-state index in [1.165, 1.54) is 6.92 Å². The largest absolute Gasteiger partial charge is 0.479 e. The Hall–Kier alpha value is -1.16. The predicted molar refractivity (Wildman–Crippen MR) is 72.4 cm³/mol. The van der Waals surface area contributed by atoms with Crippen molar-refractivity contribution in [1.29, 1.82) is 0 Å². The summed E-state index contributed by atoms with van der Waals surface area (Å²) in [5.74, 6) is 1.23. The molecular weight excluding hydrogens is 248 g/mol. The Morgan fingerprint density at radius 2 is 2.06 bits per heavy atom. The highest BCUT2D eigenvalue weighted by atomic mass is 32.2. The lowest BCUT2D eigenvalue weighted by atomic mass is 9.86. The Bertz CT molecular complexity index is 489. The molecule has 98 valence electrons. The molecule has 1 aliphatic heterocycles. The number of ether oxygens (including phenoxy) is 2. The lowest BCUT2D eigenvalue weighted by Crippen LogP contribution is -2.15. The molecule has 1 aromatic carbocycles. The fraction of sp³-hybridized carbons (Fsp3) is 0.500. The molecule has 0 bridgehead atoms. The van der Waals surface area contributed by atoms with Crippen LogP contribution >= 0.6 is 11.8 Å². The number of hydrogen-bond acceptors (Lipinski definition) is 4. The first-order chi connectivity index (χ1) is 8.27. The molecule has 0 N–H and O–H groups in total. The molecule has 0 saturated carbocycles. The van der Waals surface area contributed by atoms with Crippen LogP contribution in [-0.2, 0) is 10.2 Å². The lowest BCUT2D eigenvalue weighted by Gasteiger charge is -2.22. The Morgan fingerprint density at radius 1 is 1.39 bits per heavy atom. The average Bonchev–Trinajstić information content (AvgIpc) is 2.53. The highest BCUT2D eigenvalue weighted by Gasteiger charge is 2.27. The SMILES string of the molecule is CC(=O)Oc1cc2c(cc1C(C)(C)C)OC(C)S2. The first-order valence-corrected chi connectivity index (χ1v) is 6.85. The average molecular weight is 266 g/mol. The number of hydrogen-bond donors (Lipinski definition) is 0. The molecule has 1 heterocycles. The monoisotopic (exact) mass is 266 g/mol. The van der Waals surface area contributed by atoms with Gasteiger partial charge in [0.1, 0.15) is 16.9 Å². The maximum absolute atomic E-state index is 11.2. The molecule has 0 radical (unpaired) electrons. The number of rotatable bonds is 1. The zero-order chi connectivity index (χ0) is 13.5. The molecule has 1 atom stereocenters. The van der Waals surface area contributed by atoms with Gasteiger partial charge in [-0.2, -0.15) is 0 Å². The van der Waals surface area contributed by atoms with E-state index in [4.69, 9.17) is 9.47 Å². The van der Waals surface area contributed by atoms with Gasteiger partial charge in [-0.15, -0.1) is 0 Å². The fourth-order valence-electron chi connectivity index (χ4n) is 1.93. The van der Waals surface area contributed by atoms with E-state index < -0.39 is 0 Å². The quantitative estimate of drug-likeness (QED) is 0.573. The van der Waals surface area contributed by atoms with E-state index in [0.29, 0.717) is 5.75 Å². The van der Waals surface area contributed by atoms with Gasteiger partial charge in [0.2, 0.25) is 0 Å². The lowest BCUT2D eigenvalue weighted by molar-refractivity contribution is -0.131. The maximum Gasteiger partial charge on any atom is 0.308 e. The summed E-state index contributed by atoms with van der Waals surface area (Å²) >= 11 is 1.64. The van der Waals surface area contributed by atoms with Crippen LogP contribution in [0.25, 0.3) is 0 Å². The normalized spacial score (nSPS) is 18.2. The summed E-state index contributed by atoms with van der Waals surface area (Å²) in [5, 5.41) is 0. The molecule has 1 aliphatic rings. The van der Waals surface area contributed by atoms with E-state index >= 15 is 0 Å². The number of benzene rings is 1. The molecule has 3 nitrogen and oxygen atoms in total. The summed E-state index contributed by atoms with van der Waals surface area (Å²) in [4.78, 5) is 12.2. The summed E-state index contributed by atoms with van der Waals surface area (Å²) < 4.78 is 11.0. The van der Waals surface area contributed by atoms with Gasteiger partial charge in [0.15, 0.2) is 0 Å². The summed E-state index contributed by atoms with van der Waals surface area (Å²) in [6.07, 6.45) is 0. The Kier molecular flexibility index (Phi) is 3.32. The van der Waals surface area contributed by atoms with Gasteiger partial charge in [0, 0.05) is 12.5 Å². The smallest absolute Gasteiger partial charge is 0.308 e. The Labute approximate surface area is 112 Å². The van der Waals surface area contributed by atoms with Crippen LogP contribution in [0.15, 0.2) is 17.0 Å². The van der Waals surface area contributed by atoms with Crippen LogP contribution in [-0.4, -0.2) is 11.4 Å². The zero-order valence-electron chi connectivity index (χ0n) is 11.4. The summed E-state index contributed by atoms with van der Waals surface area (Å²) in [6.45, 7) is 9.70. The number of fused-ring (bicyclic) bond motifs is 1. The van der Waals surface area contributed by atoms with Gasteiger partial charge in [-0.3, -0.25) is 4.79 Å². The van der Waals surface area contributed by atoms with Crippen molar-refractivity contribution in [2.75, 3.05) is 0 Å². The highest BCUT2D eigenvalue weighted by molar-refractivity contribution is 8.00. The molecule has 0 aliphatic carbocycles. The van der Waals surface area contributed by atoms with E-state index in [0.717, 1.165) is 16.2 Å². The van der Waals surface area contributed by atoms with Crippen molar-refractivity contribution in [3.63, 3.8) is 0 Å².